The molecule has 0 radical (unpaired) electrons. The number of nitrogens with one attached hydrogen (secondary N) is 1. The lowest BCUT2D eigenvalue weighted by atomic mass is 9.85. The minimum atomic E-state index is -1.04. The average Bonchev–Trinajstić information content (AvgIpc) is 3.20. The second-order valence-electron chi connectivity index (χ2n) is 5.99. The van der Waals surface area contributed by atoms with Gasteiger partial charge in [-0.3, -0.25) is 19.3 Å². The predicted octanol–water partition coefficient (Wildman–Crippen LogP) is 1.08. The Kier molecular flexibility index (Phi) is 4.33. The quantitative estimate of drug-likeness (QED) is 0.377. The van der Waals surface area contributed by atoms with Crippen LogP contribution >= 0.6 is 0 Å². The Hall–Kier alpha value is -2.70. The van der Waals surface area contributed by atoms with Gasteiger partial charge in [0.25, 0.3) is 0 Å². The Morgan fingerprint density at radius 1 is 1.25 bits per heavy atom. The van der Waals surface area contributed by atoms with Gasteiger partial charge in [-0.15, -0.1) is 0 Å². The molecule has 1 aromatic rings. The molecule has 0 bridgehead atoms. The number of amides is 2. The summed E-state index contributed by atoms with van der Waals surface area (Å²) < 4.78 is 4.98. The van der Waals surface area contributed by atoms with Gasteiger partial charge in [-0.05, 0) is 31.9 Å². The van der Waals surface area contributed by atoms with Gasteiger partial charge in [0.1, 0.15) is 6.04 Å². The molecule has 0 aromatic carbocycles. The molecular formula is C17H18N2O5. The van der Waals surface area contributed by atoms with E-state index in [-0.39, 0.29) is 17.6 Å². The van der Waals surface area contributed by atoms with E-state index in [1.807, 2.05) is 12.2 Å². The SMILES string of the molecule is C[C@@H](C(=O)OCC(=O)c1ccc[nH]1)N1C(=O)[C@@H]2CC=CC[C@H]2C1=O. The summed E-state index contributed by atoms with van der Waals surface area (Å²) in [5.41, 5.74) is 0.334. The molecule has 24 heavy (non-hydrogen) atoms. The molecule has 1 fully saturated rings. The smallest absolute Gasteiger partial charge is 0.329 e. The van der Waals surface area contributed by atoms with Crippen molar-refractivity contribution in [2.24, 2.45) is 11.8 Å². The molecule has 2 amide bonds. The van der Waals surface area contributed by atoms with Gasteiger partial charge >= 0.3 is 5.97 Å². The van der Waals surface area contributed by atoms with Crippen LogP contribution in [0.25, 0.3) is 0 Å². The first-order chi connectivity index (χ1) is 11.5. The summed E-state index contributed by atoms with van der Waals surface area (Å²) in [5, 5.41) is 0. The van der Waals surface area contributed by atoms with Crippen LogP contribution in [0.5, 0.6) is 0 Å². The molecule has 2 aliphatic rings. The van der Waals surface area contributed by atoms with Gasteiger partial charge in [0.2, 0.25) is 17.6 Å². The van der Waals surface area contributed by atoms with Crippen molar-refractivity contribution in [1.29, 1.82) is 0 Å². The zero-order valence-corrected chi connectivity index (χ0v) is 13.2. The molecule has 1 N–H and O–H groups in total. The number of fused-ring (bicyclic) bond motifs is 1. The van der Waals surface area contributed by atoms with Crippen LogP contribution in [0.15, 0.2) is 30.5 Å². The lowest BCUT2D eigenvalue weighted by Crippen LogP contribution is -2.44. The monoisotopic (exact) mass is 330 g/mol. The van der Waals surface area contributed by atoms with Gasteiger partial charge in [-0.1, -0.05) is 12.2 Å². The van der Waals surface area contributed by atoms with Gasteiger partial charge in [0.15, 0.2) is 6.61 Å². The highest BCUT2D eigenvalue weighted by molar-refractivity contribution is 6.08. The van der Waals surface area contributed by atoms with Crippen LogP contribution in [0.1, 0.15) is 30.3 Å². The molecule has 7 nitrogen and oxygen atoms in total. The number of carbonyl (C=O) groups excluding carboxylic acids is 4. The van der Waals surface area contributed by atoms with E-state index in [9.17, 15) is 19.2 Å². The summed E-state index contributed by atoms with van der Waals surface area (Å²) in [6.07, 6.45) is 6.38. The van der Waals surface area contributed by atoms with Crippen molar-refractivity contribution in [1.82, 2.24) is 9.88 Å². The number of aromatic nitrogens is 1. The third-order valence-electron chi connectivity index (χ3n) is 4.51. The topological polar surface area (TPSA) is 96.5 Å². The van der Waals surface area contributed by atoms with Gasteiger partial charge in [0.05, 0.1) is 17.5 Å². The number of H-pyrrole nitrogens is 1. The second kappa shape index (κ2) is 6.43. The minimum Gasteiger partial charge on any atom is -0.456 e. The van der Waals surface area contributed by atoms with E-state index in [0.717, 1.165) is 4.90 Å². The third kappa shape index (κ3) is 2.77. The van der Waals surface area contributed by atoms with E-state index >= 15 is 0 Å². The molecule has 3 rings (SSSR count). The molecule has 1 aliphatic carbocycles. The number of imide groups is 1. The maximum Gasteiger partial charge on any atom is 0.329 e. The minimum absolute atomic E-state index is 0.334. The van der Waals surface area contributed by atoms with Gasteiger partial charge < -0.3 is 9.72 Å². The number of aromatic amines is 1. The number of Topliss-reactive ketones (excluding diaryl/α,β-unsaturated/α-hetero) is 1. The van der Waals surface area contributed by atoms with Crippen molar-refractivity contribution in [2.45, 2.75) is 25.8 Å². The number of ether oxygens (including phenoxy) is 1. The van der Waals surface area contributed by atoms with E-state index < -0.39 is 30.5 Å². The lowest BCUT2D eigenvalue weighted by molar-refractivity contribution is -0.157. The molecule has 7 heteroatoms. The molecular weight excluding hydrogens is 312 g/mol. The molecule has 0 saturated carbocycles. The number of allylic oxidation sites excluding steroid dienone is 2. The normalized spacial score (nSPS) is 24.0. The summed E-state index contributed by atoms with van der Waals surface area (Å²) in [7, 11) is 0. The molecule has 0 unspecified atom stereocenters. The number of hydrogen-bond acceptors (Lipinski definition) is 5. The number of hydrogen-bond donors (Lipinski definition) is 1. The molecule has 126 valence electrons. The van der Waals surface area contributed by atoms with Gasteiger partial charge in [-0.2, -0.15) is 0 Å². The van der Waals surface area contributed by atoms with E-state index in [1.165, 1.54) is 6.92 Å². The van der Waals surface area contributed by atoms with E-state index in [1.54, 1.807) is 18.3 Å². The Morgan fingerprint density at radius 2 is 1.88 bits per heavy atom. The summed E-state index contributed by atoms with van der Waals surface area (Å²) in [4.78, 5) is 52.5. The average molecular weight is 330 g/mol. The maximum absolute atomic E-state index is 12.4. The first-order valence-electron chi connectivity index (χ1n) is 7.86. The van der Waals surface area contributed by atoms with Crippen molar-refractivity contribution in [3.05, 3.63) is 36.2 Å². The Morgan fingerprint density at radius 3 is 2.42 bits per heavy atom. The van der Waals surface area contributed by atoms with Gasteiger partial charge in [-0.25, -0.2) is 4.79 Å². The molecule has 1 saturated heterocycles. The van der Waals surface area contributed by atoms with Crippen LogP contribution in [0, 0.1) is 11.8 Å². The number of rotatable bonds is 5. The van der Waals surface area contributed by atoms with E-state index in [2.05, 4.69) is 4.98 Å². The van der Waals surface area contributed by atoms with Crippen molar-refractivity contribution in [3.8, 4) is 0 Å². The number of nitrogens with zero attached hydrogens (tertiary/aromatic N) is 1. The largest absolute Gasteiger partial charge is 0.456 e. The first kappa shape index (κ1) is 16.2. The lowest BCUT2D eigenvalue weighted by Gasteiger charge is -2.21. The first-order valence-corrected chi connectivity index (χ1v) is 7.86. The number of esters is 1. The Balaban J connectivity index is 1.62. The number of carbonyl (C=O) groups is 4. The fraction of sp³-hybridized carbons (Fsp3) is 0.412. The van der Waals surface area contributed by atoms with Crippen LogP contribution in [-0.2, 0) is 19.1 Å². The van der Waals surface area contributed by atoms with Crippen molar-refractivity contribution in [2.75, 3.05) is 6.61 Å². The summed E-state index contributed by atoms with van der Waals surface area (Å²) in [6.45, 7) is 1.01. The van der Waals surface area contributed by atoms with Crippen LogP contribution in [0.4, 0.5) is 0 Å². The van der Waals surface area contributed by atoms with Crippen molar-refractivity contribution < 1.29 is 23.9 Å². The molecule has 2 heterocycles. The summed E-state index contributed by atoms with van der Waals surface area (Å²) >= 11 is 0. The maximum atomic E-state index is 12.4. The Bertz CT molecular complexity index is 681. The van der Waals surface area contributed by atoms with E-state index in [4.69, 9.17) is 4.74 Å². The van der Waals surface area contributed by atoms with Crippen molar-refractivity contribution >= 4 is 23.6 Å². The number of ketones is 1. The second-order valence-corrected chi connectivity index (χ2v) is 5.99. The predicted molar refractivity (Wildman–Crippen MR) is 82.8 cm³/mol. The summed E-state index contributed by atoms with van der Waals surface area (Å²) in [6, 6.07) is 2.20. The zero-order chi connectivity index (χ0) is 17.3. The zero-order valence-electron chi connectivity index (χ0n) is 13.2. The highest BCUT2D eigenvalue weighted by Gasteiger charge is 2.50. The van der Waals surface area contributed by atoms with Crippen LogP contribution < -0.4 is 0 Å². The van der Waals surface area contributed by atoms with Crippen LogP contribution in [-0.4, -0.2) is 46.1 Å². The van der Waals surface area contributed by atoms with Crippen LogP contribution in [0.2, 0.25) is 0 Å². The van der Waals surface area contributed by atoms with Gasteiger partial charge in [0, 0.05) is 6.20 Å². The molecule has 3 atom stereocenters. The van der Waals surface area contributed by atoms with Crippen molar-refractivity contribution in [3.63, 3.8) is 0 Å². The Labute approximate surface area is 138 Å². The highest BCUT2D eigenvalue weighted by atomic mass is 16.5. The number of likely N-dealkylation sites (tertiary alicyclic amines) is 1. The molecule has 0 spiro atoms. The third-order valence-corrected chi connectivity index (χ3v) is 4.51. The fourth-order valence-corrected chi connectivity index (χ4v) is 3.15. The van der Waals surface area contributed by atoms with Crippen LogP contribution in [0.3, 0.4) is 0 Å². The molecule has 1 aromatic heterocycles. The molecule has 1 aliphatic heterocycles. The highest BCUT2D eigenvalue weighted by Crippen LogP contribution is 2.36. The standard InChI is InChI=1S/C17H18N2O5/c1-10(17(23)24-9-14(20)13-7-4-8-18-13)19-15(21)11-5-2-3-6-12(11)16(19)22/h2-4,7-8,10-12,18H,5-6,9H2,1H3/t10-,11+,12+/m0/s1. The fourth-order valence-electron chi connectivity index (χ4n) is 3.15. The van der Waals surface area contributed by atoms with E-state index in [0.29, 0.717) is 18.5 Å². The summed E-state index contributed by atoms with van der Waals surface area (Å²) in [5.74, 6) is -2.60.